The van der Waals surface area contributed by atoms with Crippen molar-refractivity contribution in [2.75, 3.05) is 6.61 Å². The Balaban J connectivity index is 2.50. The van der Waals surface area contributed by atoms with Gasteiger partial charge in [0.1, 0.15) is 5.82 Å². The zero-order valence-electron chi connectivity index (χ0n) is 8.63. The smallest absolute Gasteiger partial charge is 0.124 e. The molecule has 0 heterocycles. The van der Waals surface area contributed by atoms with E-state index in [9.17, 15) is 4.39 Å². The number of aliphatic hydroxyl groups is 1. The van der Waals surface area contributed by atoms with Crippen LogP contribution in [0.2, 0.25) is 5.02 Å². The molecule has 0 aliphatic carbocycles. The van der Waals surface area contributed by atoms with Gasteiger partial charge in [0.15, 0.2) is 0 Å². The van der Waals surface area contributed by atoms with E-state index in [1.165, 1.54) is 12.1 Å². The van der Waals surface area contributed by atoms with Crippen LogP contribution in [0.15, 0.2) is 18.2 Å². The summed E-state index contributed by atoms with van der Waals surface area (Å²) in [5.74, 6) is -0.327. The van der Waals surface area contributed by atoms with E-state index in [0.717, 1.165) is 5.56 Å². The molecule has 1 aromatic carbocycles. The van der Waals surface area contributed by atoms with Gasteiger partial charge < -0.3 is 10.4 Å². The van der Waals surface area contributed by atoms with Crippen LogP contribution in [0.25, 0.3) is 0 Å². The zero-order chi connectivity index (χ0) is 11.3. The van der Waals surface area contributed by atoms with Crippen LogP contribution in [0.5, 0.6) is 0 Å². The van der Waals surface area contributed by atoms with Gasteiger partial charge in [-0.15, -0.1) is 0 Å². The van der Waals surface area contributed by atoms with Gasteiger partial charge >= 0.3 is 0 Å². The summed E-state index contributed by atoms with van der Waals surface area (Å²) in [6.07, 6.45) is 0.693. The van der Waals surface area contributed by atoms with Crippen molar-refractivity contribution in [3.8, 4) is 0 Å². The highest BCUT2D eigenvalue weighted by Gasteiger charge is 2.04. The molecule has 1 unspecified atom stereocenters. The number of aliphatic hydroxyl groups excluding tert-OH is 1. The third-order valence-corrected chi connectivity index (χ3v) is 2.57. The maximum atomic E-state index is 12.7. The third-order valence-electron chi connectivity index (χ3n) is 2.22. The Morgan fingerprint density at radius 1 is 1.53 bits per heavy atom. The molecule has 2 nitrogen and oxygen atoms in total. The van der Waals surface area contributed by atoms with Crippen molar-refractivity contribution in [1.82, 2.24) is 5.32 Å². The predicted octanol–water partition coefficient (Wildman–Crippen LogP) is 2.34. The van der Waals surface area contributed by atoms with Gasteiger partial charge in [0.2, 0.25) is 0 Å². The molecule has 2 N–H and O–H groups in total. The Bertz CT molecular complexity index is 319. The van der Waals surface area contributed by atoms with Crippen molar-refractivity contribution in [2.24, 2.45) is 0 Å². The molecule has 0 aliphatic rings. The molecule has 0 bridgehead atoms. The molecule has 15 heavy (non-hydrogen) atoms. The highest BCUT2D eigenvalue weighted by molar-refractivity contribution is 6.31. The van der Waals surface area contributed by atoms with E-state index in [4.69, 9.17) is 16.7 Å². The second kappa shape index (κ2) is 6.05. The Hall–Kier alpha value is -0.640. The summed E-state index contributed by atoms with van der Waals surface area (Å²) in [7, 11) is 0. The lowest BCUT2D eigenvalue weighted by Crippen LogP contribution is -2.26. The van der Waals surface area contributed by atoms with Crippen LogP contribution in [-0.2, 0) is 6.54 Å². The van der Waals surface area contributed by atoms with Crippen molar-refractivity contribution in [3.63, 3.8) is 0 Å². The Kier molecular flexibility index (Phi) is 5.02. The number of halogens is 2. The molecular formula is C11H15ClFNO. The molecular weight excluding hydrogens is 217 g/mol. The van der Waals surface area contributed by atoms with Crippen molar-refractivity contribution in [3.05, 3.63) is 34.6 Å². The highest BCUT2D eigenvalue weighted by Crippen LogP contribution is 2.17. The van der Waals surface area contributed by atoms with Gasteiger partial charge in [-0.1, -0.05) is 17.7 Å². The van der Waals surface area contributed by atoms with Gasteiger partial charge in [-0.25, -0.2) is 4.39 Å². The largest absolute Gasteiger partial charge is 0.396 e. The molecule has 0 fully saturated rings. The summed E-state index contributed by atoms with van der Waals surface area (Å²) < 4.78 is 12.7. The molecule has 4 heteroatoms. The van der Waals surface area contributed by atoms with E-state index < -0.39 is 0 Å². The summed E-state index contributed by atoms with van der Waals surface area (Å²) in [5.41, 5.74) is 0.864. The molecule has 84 valence electrons. The fourth-order valence-corrected chi connectivity index (χ4v) is 1.48. The van der Waals surface area contributed by atoms with Crippen molar-refractivity contribution in [2.45, 2.75) is 25.9 Å². The maximum absolute atomic E-state index is 12.7. The Labute approximate surface area is 94.1 Å². The van der Waals surface area contributed by atoms with Gasteiger partial charge in [-0.3, -0.25) is 0 Å². The first kappa shape index (κ1) is 12.4. The van der Waals surface area contributed by atoms with Gasteiger partial charge in [0.25, 0.3) is 0 Å². The molecule has 0 aliphatic heterocycles. The number of hydrogen-bond donors (Lipinski definition) is 2. The zero-order valence-corrected chi connectivity index (χ0v) is 9.39. The fourth-order valence-electron chi connectivity index (χ4n) is 1.24. The lowest BCUT2D eigenvalue weighted by molar-refractivity contribution is 0.268. The van der Waals surface area contributed by atoms with E-state index in [-0.39, 0.29) is 18.5 Å². The van der Waals surface area contributed by atoms with Crippen LogP contribution in [0, 0.1) is 5.82 Å². The van der Waals surface area contributed by atoms with Gasteiger partial charge in [-0.2, -0.15) is 0 Å². The van der Waals surface area contributed by atoms with Crippen molar-refractivity contribution < 1.29 is 9.50 Å². The molecule has 0 radical (unpaired) electrons. The van der Waals surface area contributed by atoms with Crippen LogP contribution in [0.4, 0.5) is 4.39 Å². The molecule has 1 rings (SSSR count). The lowest BCUT2D eigenvalue weighted by Gasteiger charge is -2.12. The Morgan fingerprint density at radius 2 is 2.27 bits per heavy atom. The van der Waals surface area contributed by atoms with E-state index in [0.29, 0.717) is 18.0 Å². The van der Waals surface area contributed by atoms with Gasteiger partial charge in [0.05, 0.1) is 0 Å². The quantitative estimate of drug-likeness (QED) is 0.815. The third kappa shape index (κ3) is 4.16. The average Bonchev–Trinajstić information content (AvgIpc) is 2.17. The first-order chi connectivity index (χ1) is 7.13. The number of benzene rings is 1. The number of hydrogen-bond acceptors (Lipinski definition) is 2. The van der Waals surface area contributed by atoms with Crippen LogP contribution in [-0.4, -0.2) is 17.8 Å². The molecule has 0 aromatic heterocycles. The van der Waals surface area contributed by atoms with Gasteiger partial charge in [-0.05, 0) is 31.0 Å². The van der Waals surface area contributed by atoms with Crippen molar-refractivity contribution in [1.29, 1.82) is 0 Å². The predicted molar refractivity (Wildman–Crippen MR) is 59.4 cm³/mol. The van der Waals surface area contributed by atoms with E-state index in [2.05, 4.69) is 5.32 Å². The van der Waals surface area contributed by atoms with Crippen LogP contribution < -0.4 is 5.32 Å². The first-order valence-corrected chi connectivity index (χ1v) is 5.29. The normalized spacial score (nSPS) is 12.8. The first-order valence-electron chi connectivity index (χ1n) is 4.91. The van der Waals surface area contributed by atoms with E-state index in [1.54, 1.807) is 6.07 Å². The van der Waals surface area contributed by atoms with Crippen molar-refractivity contribution >= 4 is 11.6 Å². The highest BCUT2D eigenvalue weighted by atomic mass is 35.5. The standard InChI is InChI=1S/C11H15ClFNO/c1-8(4-5-15)14-7-9-2-3-10(13)6-11(9)12/h2-3,6,8,14-15H,4-5,7H2,1H3. The molecule has 0 saturated heterocycles. The topological polar surface area (TPSA) is 32.3 Å². The molecule has 0 saturated carbocycles. The van der Waals surface area contributed by atoms with Gasteiger partial charge in [0, 0.05) is 24.2 Å². The van der Waals surface area contributed by atoms with Crippen LogP contribution in [0.3, 0.4) is 0 Å². The minimum atomic E-state index is -0.327. The molecule has 1 aromatic rings. The van der Waals surface area contributed by atoms with Crippen LogP contribution >= 0.6 is 11.6 Å². The molecule has 1 atom stereocenters. The summed E-state index contributed by atoms with van der Waals surface area (Å²) in [6.45, 7) is 2.72. The second-order valence-corrected chi connectivity index (χ2v) is 3.94. The average molecular weight is 232 g/mol. The molecule has 0 amide bonds. The summed E-state index contributed by atoms with van der Waals surface area (Å²) >= 11 is 5.86. The summed E-state index contributed by atoms with van der Waals surface area (Å²) in [6, 6.07) is 4.57. The monoisotopic (exact) mass is 231 g/mol. The summed E-state index contributed by atoms with van der Waals surface area (Å²) in [5, 5.41) is 12.3. The molecule has 0 spiro atoms. The fraction of sp³-hybridized carbons (Fsp3) is 0.455. The lowest BCUT2D eigenvalue weighted by atomic mass is 10.2. The number of rotatable bonds is 5. The Morgan fingerprint density at radius 3 is 2.87 bits per heavy atom. The van der Waals surface area contributed by atoms with E-state index >= 15 is 0 Å². The van der Waals surface area contributed by atoms with Crippen LogP contribution in [0.1, 0.15) is 18.9 Å². The number of nitrogens with one attached hydrogen (secondary N) is 1. The summed E-state index contributed by atoms with van der Waals surface area (Å²) in [4.78, 5) is 0. The van der Waals surface area contributed by atoms with E-state index in [1.807, 2.05) is 6.92 Å². The maximum Gasteiger partial charge on any atom is 0.124 e. The second-order valence-electron chi connectivity index (χ2n) is 3.53. The minimum Gasteiger partial charge on any atom is -0.396 e. The SMILES string of the molecule is CC(CCO)NCc1ccc(F)cc1Cl. The minimum absolute atomic E-state index is 0.158.